The molecule has 0 aliphatic carbocycles. The van der Waals surface area contributed by atoms with Crippen LogP contribution in [0.3, 0.4) is 0 Å². The quantitative estimate of drug-likeness (QED) is 0.879. The lowest BCUT2D eigenvalue weighted by Gasteiger charge is -2.39. The van der Waals surface area contributed by atoms with Gasteiger partial charge in [-0.15, -0.1) is 0 Å². The zero-order valence-electron chi connectivity index (χ0n) is 11.9. The van der Waals surface area contributed by atoms with E-state index in [4.69, 9.17) is 0 Å². The highest BCUT2D eigenvalue weighted by atomic mass is 15.1. The molecular formula is C16H26N2. The fourth-order valence-corrected chi connectivity index (χ4v) is 3.21. The van der Waals surface area contributed by atoms with Crippen molar-refractivity contribution in [2.24, 2.45) is 5.92 Å². The Hall–Kier alpha value is -0.860. The van der Waals surface area contributed by atoms with Crippen LogP contribution in [0.2, 0.25) is 0 Å². The molecular weight excluding hydrogens is 220 g/mol. The zero-order chi connectivity index (χ0) is 13.0. The maximum atomic E-state index is 3.35. The minimum atomic E-state index is 0.581. The molecule has 0 saturated carbocycles. The molecule has 1 aromatic rings. The van der Waals surface area contributed by atoms with Crippen molar-refractivity contribution in [2.45, 2.75) is 32.2 Å². The maximum absolute atomic E-state index is 3.35. The minimum absolute atomic E-state index is 0.581. The highest BCUT2D eigenvalue weighted by Crippen LogP contribution is 2.34. The summed E-state index contributed by atoms with van der Waals surface area (Å²) in [6.07, 6.45) is 3.79. The summed E-state index contributed by atoms with van der Waals surface area (Å²) in [6, 6.07) is 9.81. The van der Waals surface area contributed by atoms with Crippen LogP contribution in [0.1, 0.15) is 36.9 Å². The van der Waals surface area contributed by atoms with Crippen LogP contribution in [0.4, 0.5) is 0 Å². The molecule has 1 aromatic carbocycles. The van der Waals surface area contributed by atoms with Gasteiger partial charge in [-0.25, -0.2) is 0 Å². The van der Waals surface area contributed by atoms with Gasteiger partial charge in [-0.2, -0.15) is 0 Å². The van der Waals surface area contributed by atoms with Crippen LogP contribution >= 0.6 is 0 Å². The first kappa shape index (κ1) is 13.6. The van der Waals surface area contributed by atoms with Gasteiger partial charge in [-0.05, 0) is 63.5 Å². The van der Waals surface area contributed by atoms with Gasteiger partial charge in [-0.1, -0.05) is 31.2 Å². The Morgan fingerprint density at radius 3 is 2.61 bits per heavy atom. The SMILES string of the molecule is CCc1ccc(C2C(CNC)CCCN2C)cc1. The first-order chi connectivity index (χ1) is 8.76. The van der Waals surface area contributed by atoms with Crippen LogP contribution in [-0.2, 0) is 6.42 Å². The third-order valence-corrected chi connectivity index (χ3v) is 4.20. The molecule has 2 heteroatoms. The molecule has 0 radical (unpaired) electrons. The molecule has 2 rings (SSSR count). The Labute approximate surface area is 111 Å². The molecule has 1 aliphatic heterocycles. The van der Waals surface area contributed by atoms with Crippen LogP contribution in [0.5, 0.6) is 0 Å². The molecule has 0 aromatic heterocycles. The Balaban J connectivity index is 2.19. The summed E-state index contributed by atoms with van der Waals surface area (Å²) in [7, 11) is 4.33. The predicted molar refractivity (Wildman–Crippen MR) is 77.8 cm³/mol. The highest BCUT2D eigenvalue weighted by molar-refractivity contribution is 5.26. The minimum Gasteiger partial charge on any atom is -0.319 e. The van der Waals surface area contributed by atoms with Gasteiger partial charge in [0, 0.05) is 6.04 Å². The van der Waals surface area contributed by atoms with Gasteiger partial charge in [-0.3, -0.25) is 4.90 Å². The van der Waals surface area contributed by atoms with Crippen molar-refractivity contribution in [3.05, 3.63) is 35.4 Å². The Morgan fingerprint density at radius 1 is 1.28 bits per heavy atom. The van der Waals surface area contributed by atoms with Crippen LogP contribution in [-0.4, -0.2) is 32.1 Å². The summed E-state index contributed by atoms with van der Waals surface area (Å²) in [5, 5.41) is 3.35. The van der Waals surface area contributed by atoms with E-state index in [9.17, 15) is 0 Å². The van der Waals surface area contributed by atoms with Crippen molar-refractivity contribution in [2.75, 3.05) is 27.2 Å². The molecule has 1 aliphatic rings. The largest absolute Gasteiger partial charge is 0.319 e. The molecule has 1 fully saturated rings. The number of hydrogen-bond acceptors (Lipinski definition) is 2. The Bertz CT molecular complexity index is 356. The van der Waals surface area contributed by atoms with Crippen molar-refractivity contribution < 1.29 is 0 Å². The molecule has 2 nitrogen and oxygen atoms in total. The van der Waals surface area contributed by atoms with Crippen molar-refractivity contribution in [3.63, 3.8) is 0 Å². The van der Waals surface area contributed by atoms with E-state index < -0.39 is 0 Å². The summed E-state index contributed by atoms with van der Waals surface area (Å²) < 4.78 is 0. The summed E-state index contributed by atoms with van der Waals surface area (Å²) in [4.78, 5) is 2.52. The molecule has 0 bridgehead atoms. The van der Waals surface area contributed by atoms with Crippen molar-refractivity contribution >= 4 is 0 Å². The molecule has 1 N–H and O–H groups in total. The lowest BCUT2D eigenvalue weighted by Crippen LogP contribution is -2.39. The van der Waals surface area contributed by atoms with E-state index in [1.165, 1.54) is 30.5 Å². The van der Waals surface area contributed by atoms with E-state index in [1.807, 2.05) is 0 Å². The van der Waals surface area contributed by atoms with Gasteiger partial charge in [0.05, 0.1) is 0 Å². The summed E-state index contributed by atoms with van der Waals surface area (Å²) >= 11 is 0. The number of benzene rings is 1. The molecule has 1 saturated heterocycles. The first-order valence-corrected chi connectivity index (χ1v) is 7.20. The first-order valence-electron chi connectivity index (χ1n) is 7.20. The summed E-state index contributed by atoms with van der Waals surface area (Å²) in [6.45, 7) is 4.55. The van der Waals surface area contributed by atoms with E-state index in [2.05, 4.69) is 55.5 Å². The molecule has 0 amide bonds. The number of likely N-dealkylation sites (tertiary alicyclic amines) is 1. The highest BCUT2D eigenvalue weighted by Gasteiger charge is 2.29. The van der Waals surface area contributed by atoms with Gasteiger partial charge in [0.1, 0.15) is 0 Å². The van der Waals surface area contributed by atoms with Gasteiger partial charge in [0.2, 0.25) is 0 Å². The number of nitrogens with one attached hydrogen (secondary N) is 1. The maximum Gasteiger partial charge on any atom is 0.0385 e. The van der Waals surface area contributed by atoms with Crippen LogP contribution in [0.25, 0.3) is 0 Å². The third kappa shape index (κ3) is 2.93. The molecule has 1 heterocycles. The van der Waals surface area contributed by atoms with Crippen LogP contribution in [0, 0.1) is 5.92 Å². The lowest BCUT2D eigenvalue weighted by atomic mass is 9.84. The Kier molecular flexibility index (Phi) is 4.79. The average Bonchev–Trinajstić information content (AvgIpc) is 2.40. The van der Waals surface area contributed by atoms with Crippen molar-refractivity contribution in [1.82, 2.24) is 10.2 Å². The van der Waals surface area contributed by atoms with Gasteiger partial charge < -0.3 is 5.32 Å². The van der Waals surface area contributed by atoms with E-state index in [-0.39, 0.29) is 0 Å². The standard InChI is InChI=1S/C16H26N2/c1-4-13-7-9-14(10-8-13)16-15(12-17-2)6-5-11-18(16)3/h7-10,15-17H,4-6,11-12H2,1-3H3. The number of nitrogens with zero attached hydrogens (tertiary/aromatic N) is 1. The van der Waals surface area contributed by atoms with E-state index in [1.54, 1.807) is 0 Å². The number of piperidine rings is 1. The summed E-state index contributed by atoms with van der Waals surface area (Å²) in [5.74, 6) is 0.737. The predicted octanol–water partition coefficient (Wildman–Crippen LogP) is 2.85. The van der Waals surface area contributed by atoms with Crippen LogP contribution < -0.4 is 5.32 Å². The topological polar surface area (TPSA) is 15.3 Å². The normalized spacial score (nSPS) is 25.3. The van der Waals surface area contributed by atoms with E-state index in [0.717, 1.165) is 18.9 Å². The molecule has 0 spiro atoms. The van der Waals surface area contributed by atoms with Gasteiger partial charge in [0.15, 0.2) is 0 Å². The molecule has 18 heavy (non-hydrogen) atoms. The zero-order valence-corrected chi connectivity index (χ0v) is 11.9. The second-order valence-corrected chi connectivity index (χ2v) is 5.48. The molecule has 2 unspecified atom stereocenters. The van der Waals surface area contributed by atoms with Crippen molar-refractivity contribution in [1.29, 1.82) is 0 Å². The molecule has 100 valence electrons. The summed E-state index contributed by atoms with van der Waals surface area (Å²) in [5.41, 5.74) is 2.91. The third-order valence-electron chi connectivity index (χ3n) is 4.20. The van der Waals surface area contributed by atoms with E-state index in [0.29, 0.717) is 6.04 Å². The Morgan fingerprint density at radius 2 is 2.00 bits per heavy atom. The number of hydrogen-bond donors (Lipinski definition) is 1. The second kappa shape index (κ2) is 6.35. The smallest absolute Gasteiger partial charge is 0.0385 e. The van der Waals surface area contributed by atoms with E-state index >= 15 is 0 Å². The second-order valence-electron chi connectivity index (χ2n) is 5.48. The monoisotopic (exact) mass is 246 g/mol. The average molecular weight is 246 g/mol. The van der Waals surface area contributed by atoms with Gasteiger partial charge >= 0.3 is 0 Å². The van der Waals surface area contributed by atoms with Gasteiger partial charge in [0.25, 0.3) is 0 Å². The molecule has 2 atom stereocenters. The van der Waals surface area contributed by atoms with Crippen LogP contribution in [0.15, 0.2) is 24.3 Å². The number of aryl methyl sites for hydroxylation is 1. The number of rotatable bonds is 4. The lowest BCUT2D eigenvalue weighted by molar-refractivity contribution is 0.121. The fourth-order valence-electron chi connectivity index (χ4n) is 3.21. The fraction of sp³-hybridized carbons (Fsp3) is 0.625. The van der Waals surface area contributed by atoms with Crippen molar-refractivity contribution in [3.8, 4) is 0 Å².